The Bertz CT molecular complexity index is 1030. The van der Waals surface area contributed by atoms with Crippen molar-refractivity contribution in [2.45, 2.75) is 4.90 Å². The maximum atomic E-state index is 11.5. The van der Waals surface area contributed by atoms with Crippen LogP contribution in [-0.2, 0) is 10.1 Å². The fourth-order valence-electron chi connectivity index (χ4n) is 2.42. The number of anilines is 2. The van der Waals surface area contributed by atoms with Crippen molar-refractivity contribution < 1.29 is 18.1 Å². The Morgan fingerprint density at radius 2 is 1.71 bits per heavy atom. The summed E-state index contributed by atoms with van der Waals surface area (Å²) in [5.74, 6) is -0.471. The zero-order chi connectivity index (χ0) is 17.3. The number of nitrogens with one attached hydrogen (secondary N) is 2. The Hall–Kier alpha value is -2.97. The first kappa shape index (κ1) is 15.9. The van der Waals surface area contributed by atoms with Crippen LogP contribution in [0.4, 0.5) is 17.1 Å². The molecule has 3 aromatic rings. The van der Waals surface area contributed by atoms with Gasteiger partial charge < -0.3 is 10.4 Å². The molecule has 122 valence electrons. The van der Waals surface area contributed by atoms with Crippen LogP contribution in [-0.4, -0.2) is 18.1 Å². The Balaban J connectivity index is 2.17. The molecule has 3 aromatic carbocycles. The Morgan fingerprint density at radius 1 is 1.00 bits per heavy atom. The molecule has 0 heterocycles. The second-order valence-corrected chi connectivity index (χ2v) is 6.48. The van der Waals surface area contributed by atoms with Crippen molar-refractivity contribution in [3.63, 3.8) is 0 Å². The molecule has 0 aliphatic heterocycles. The molecular weight excluding hydrogens is 330 g/mol. The second kappa shape index (κ2) is 5.91. The summed E-state index contributed by atoms with van der Waals surface area (Å²) in [5, 5.41) is 17.0. The van der Waals surface area contributed by atoms with E-state index in [2.05, 4.69) is 10.4 Å². The lowest BCUT2D eigenvalue weighted by atomic mass is 10.1. The number of nitrogens with zero attached hydrogens (tertiary/aromatic N) is 1. The van der Waals surface area contributed by atoms with Gasteiger partial charge >= 0.3 is 0 Å². The van der Waals surface area contributed by atoms with Crippen LogP contribution in [0, 0.1) is 5.53 Å². The number of rotatable bonds is 4. The molecule has 0 saturated carbocycles. The van der Waals surface area contributed by atoms with Gasteiger partial charge in [-0.05, 0) is 41.8 Å². The van der Waals surface area contributed by atoms with Gasteiger partial charge in [0.1, 0.15) is 10.6 Å². The van der Waals surface area contributed by atoms with Gasteiger partial charge in [0.05, 0.1) is 0 Å². The molecule has 7 nitrogen and oxygen atoms in total. The molecule has 4 N–H and O–H groups in total. The van der Waals surface area contributed by atoms with Crippen molar-refractivity contribution in [2.75, 3.05) is 5.32 Å². The van der Waals surface area contributed by atoms with Gasteiger partial charge in [-0.3, -0.25) is 4.55 Å². The number of phenolic OH excluding ortho intramolecular Hbond substituents is 1. The van der Waals surface area contributed by atoms with Crippen molar-refractivity contribution in [3.05, 3.63) is 54.6 Å². The third-order valence-electron chi connectivity index (χ3n) is 3.50. The standard InChI is InChI=1S/C16H13N3O4S/c17-19-15-14(24(21,22)23)9-10-8-12(6-7-13(10)16(15)20)18-11-4-2-1-3-5-11/h1-9,17-18,20H,(H,21,22,23). The molecule has 8 heteroatoms. The summed E-state index contributed by atoms with van der Waals surface area (Å²) in [6.45, 7) is 0. The number of aromatic hydroxyl groups is 1. The third kappa shape index (κ3) is 2.92. The fourth-order valence-corrected chi connectivity index (χ4v) is 3.08. The normalized spacial score (nSPS) is 11.4. The summed E-state index contributed by atoms with van der Waals surface area (Å²) in [7, 11) is -4.63. The Labute approximate surface area is 137 Å². The smallest absolute Gasteiger partial charge is 0.296 e. The van der Waals surface area contributed by atoms with Crippen LogP contribution < -0.4 is 5.32 Å². The van der Waals surface area contributed by atoms with Crippen LogP contribution in [0.3, 0.4) is 0 Å². The predicted molar refractivity (Wildman–Crippen MR) is 90.0 cm³/mol. The zero-order valence-corrected chi connectivity index (χ0v) is 13.1. The van der Waals surface area contributed by atoms with E-state index >= 15 is 0 Å². The van der Waals surface area contributed by atoms with Gasteiger partial charge in [-0.1, -0.05) is 18.2 Å². The first-order valence-corrected chi connectivity index (χ1v) is 8.31. The SMILES string of the molecule is N=Nc1c(S(=O)(=O)O)cc2cc(Nc3ccccc3)ccc2c1O. The molecule has 0 atom stereocenters. The fraction of sp³-hybridized carbons (Fsp3) is 0. The molecular formula is C16H13N3O4S. The maximum Gasteiger partial charge on any atom is 0.296 e. The van der Waals surface area contributed by atoms with Gasteiger partial charge in [0.25, 0.3) is 10.1 Å². The molecule has 0 aliphatic carbocycles. The van der Waals surface area contributed by atoms with Crippen LogP contribution in [0.15, 0.2) is 64.6 Å². The van der Waals surface area contributed by atoms with E-state index in [0.717, 1.165) is 5.69 Å². The van der Waals surface area contributed by atoms with E-state index in [9.17, 15) is 18.1 Å². The Kier molecular flexibility index (Phi) is 3.92. The first-order chi connectivity index (χ1) is 11.4. The minimum atomic E-state index is -4.63. The molecule has 0 unspecified atom stereocenters. The summed E-state index contributed by atoms with van der Waals surface area (Å²) < 4.78 is 32.2. The maximum absolute atomic E-state index is 11.5. The number of phenols is 1. The zero-order valence-electron chi connectivity index (χ0n) is 12.3. The minimum absolute atomic E-state index is 0.326. The van der Waals surface area contributed by atoms with Crippen LogP contribution in [0.5, 0.6) is 5.75 Å². The molecule has 0 aliphatic rings. The van der Waals surface area contributed by atoms with Gasteiger partial charge in [0.2, 0.25) is 0 Å². The van der Waals surface area contributed by atoms with Crippen molar-refractivity contribution >= 4 is 38.0 Å². The van der Waals surface area contributed by atoms with E-state index in [-0.39, 0.29) is 0 Å². The third-order valence-corrected chi connectivity index (χ3v) is 4.37. The van der Waals surface area contributed by atoms with E-state index in [0.29, 0.717) is 16.5 Å². The Morgan fingerprint density at radius 3 is 2.33 bits per heavy atom. The van der Waals surface area contributed by atoms with E-state index in [4.69, 9.17) is 5.53 Å². The quantitative estimate of drug-likeness (QED) is 0.417. The van der Waals surface area contributed by atoms with Gasteiger partial charge in [0, 0.05) is 16.8 Å². The number of fused-ring (bicyclic) bond motifs is 1. The van der Waals surface area contributed by atoms with E-state index in [1.54, 1.807) is 18.2 Å². The summed E-state index contributed by atoms with van der Waals surface area (Å²) in [5.41, 5.74) is 8.07. The highest BCUT2D eigenvalue weighted by atomic mass is 32.2. The van der Waals surface area contributed by atoms with Crippen molar-refractivity contribution in [3.8, 4) is 5.75 Å². The van der Waals surface area contributed by atoms with Crippen molar-refractivity contribution in [1.82, 2.24) is 0 Å². The summed E-state index contributed by atoms with van der Waals surface area (Å²) in [6, 6.07) is 15.4. The number of benzene rings is 3. The van der Waals surface area contributed by atoms with Gasteiger partial charge in [-0.15, -0.1) is 0 Å². The van der Waals surface area contributed by atoms with Crippen molar-refractivity contribution in [2.24, 2.45) is 5.11 Å². The topological polar surface area (TPSA) is 123 Å². The largest absolute Gasteiger partial charge is 0.505 e. The minimum Gasteiger partial charge on any atom is -0.505 e. The van der Waals surface area contributed by atoms with Gasteiger partial charge in [-0.2, -0.15) is 13.5 Å². The lowest BCUT2D eigenvalue weighted by molar-refractivity contribution is 0.471. The summed E-state index contributed by atoms with van der Waals surface area (Å²) in [6.07, 6.45) is 0. The van der Waals surface area contributed by atoms with Crippen LogP contribution in [0.25, 0.3) is 10.8 Å². The average molecular weight is 343 g/mol. The van der Waals surface area contributed by atoms with E-state index < -0.39 is 26.5 Å². The monoisotopic (exact) mass is 343 g/mol. The van der Waals surface area contributed by atoms with Gasteiger partial charge in [-0.25, -0.2) is 5.53 Å². The molecule has 0 bridgehead atoms. The van der Waals surface area contributed by atoms with Gasteiger partial charge in [0.15, 0.2) is 5.75 Å². The highest BCUT2D eigenvalue weighted by molar-refractivity contribution is 7.86. The molecule has 3 rings (SSSR count). The highest BCUT2D eigenvalue weighted by Gasteiger charge is 2.21. The van der Waals surface area contributed by atoms with E-state index in [1.807, 2.05) is 30.3 Å². The molecule has 0 spiro atoms. The summed E-state index contributed by atoms with van der Waals surface area (Å²) >= 11 is 0. The van der Waals surface area contributed by atoms with Crippen LogP contribution >= 0.6 is 0 Å². The molecule has 24 heavy (non-hydrogen) atoms. The predicted octanol–water partition coefficient (Wildman–Crippen LogP) is 4.20. The molecule has 0 amide bonds. The first-order valence-electron chi connectivity index (χ1n) is 6.87. The number of hydrogen-bond acceptors (Lipinski definition) is 6. The average Bonchev–Trinajstić information content (AvgIpc) is 2.54. The lowest BCUT2D eigenvalue weighted by Crippen LogP contribution is -1.99. The number of para-hydroxylation sites is 1. The lowest BCUT2D eigenvalue weighted by Gasteiger charge is -2.11. The second-order valence-electron chi connectivity index (χ2n) is 5.09. The molecule has 0 fully saturated rings. The highest BCUT2D eigenvalue weighted by Crippen LogP contribution is 2.41. The van der Waals surface area contributed by atoms with E-state index in [1.165, 1.54) is 6.07 Å². The van der Waals surface area contributed by atoms with Crippen molar-refractivity contribution in [1.29, 1.82) is 5.53 Å². The molecule has 0 radical (unpaired) electrons. The van der Waals surface area contributed by atoms with Crippen LogP contribution in [0.1, 0.15) is 0 Å². The summed E-state index contributed by atoms with van der Waals surface area (Å²) in [4.78, 5) is -0.612. The number of hydrogen-bond donors (Lipinski definition) is 4. The van der Waals surface area contributed by atoms with Crippen LogP contribution in [0.2, 0.25) is 0 Å². The molecule has 0 saturated heterocycles. The molecule has 0 aromatic heterocycles.